The van der Waals surface area contributed by atoms with Crippen LogP contribution in [0.25, 0.3) is 0 Å². The number of hydrogen-bond donors (Lipinski definition) is 1. The molecule has 0 radical (unpaired) electrons. The van der Waals surface area contributed by atoms with Crippen LogP contribution >= 0.6 is 0 Å². The van der Waals surface area contributed by atoms with Gasteiger partial charge >= 0.3 is 0 Å². The predicted molar refractivity (Wildman–Crippen MR) is 76.6 cm³/mol. The fourth-order valence-electron chi connectivity index (χ4n) is 1.99. The van der Waals surface area contributed by atoms with Gasteiger partial charge in [0.05, 0.1) is 0 Å². The molecule has 1 rings (SSSR count). The van der Waals surface area contributed by atoms with E-state index in [1.54, 1.807) is 0 Å². The molecular formula is C15H26N2. The van der Waals surface area contributed by atoms with Crippen molar-refractivity contribution in [2.75, 3.05) is 24.5 Å². The Kier molecular flexibility index (Phi) is 5.49. The number of nitrogens with two attached hydrogens (primary N) is 1. The van der Waals surface area contributed by atoms with Crippen LogP contribution in [0.4, 0.5) is 5.69 Å². The van der Waals surface area contributed by atoms with E-state index in [0.717, 1.165) is 13.1 Å². The van der Waals surface area contributed by atoms with E-state index >= 15 is 0 Å². The highest BCUT2D eigenvalue weighted by Gasteiger charge is 2.08. The van der Waals surface area contributed by atoms with Crippen LogP contribution in [0.15, 0.2) is 24.3 Å². The van der Waals surface area contributed by atoms with Gasteiger partial charge in [-0.3, -0.25) is 0 Å². The summed E-state index contributed by atoms with van der Waals surface area (Å²) in [5, 5.41) is 0. The molecule has 0 spiro atoms. The molecule has 2 N–H and O–H groups in total. The number of benzene rings is 1. The summed E-state index contributed by atoms with van der Waals surface area (Å²) in [7, 11) is 0. The number of nitrogens with zero attached hydrogens (tertiary/aromatic N) is 1. The lowest BCUT2D eigenvalue weighted by molar-refractivity contribution is 0.611. The molecule has 0 aliphatic rings. The molecule has 0 heterocycles. The zero-order valence-corrected chi connectivity index (χ0v) is 11.6. The molecule has 0 fully saturated rings. The summed E-state index contributed by atoms with van der Waals surface area (Å²) < 4.78 is 0. The Balaban J connectivity index is 2.79. The van der Waals surface area contributed by atoms with Crippen LogP contribution in [0.2, 0.25) is 0 Å². The molecule has 0 unspecified atom stereocenters. The summed E-state index contributed by atoms with van der Waals surface area (Å²) in [4.78, 5) is 2.37. The van der Waals surface area contributed by atoms with Crippen molar-refractivity contribution in [1.82, 2.24) is 0 Å². The maximum Gasteiger partial charge on any atom is 0.0366 e. The summed E-state index contributed by atoms with van der Waals surface area (Å²) in [6.45, 7) is 11.6. The molecule has 2 heteroatoms. The Morgan fingerprint density at radius 2 is 1.65 bits per heavy atom. The smallest absolute Gasteiger partial charge is 0.0366 e. The van der Waals surface area contributed by atoms with E-state index in [2.05, 4.69) is 56.9 Å². The summed E-state index contributed by atoms with van der Waals surface area (Å²) in [5.41, 5.74) is 8.36. The first-order valence-electron chi connectivity index (χ1n) is 6.59. The van der Waals surface area contributed by atoms with Crippen LogP contribution in [0.3, 0.4) is 0 Å². The molecule has 1 aromatic carbocycles. The summed E-state index contributed by atoms with van der Waals surface area (Å²) in [6, 6.07) is 8.88. The van der Waals surface area contributed by atoms with Crippen molar-refractivity contribution in [1.29, 1.82) is 0 Å². The molecule has 0 saturated heterocycles. The third kappa shape index (κ3) is 4.39. The van der Waals surface area contributed by atoms with Crippen molar-refractivity contribution in [2.45, 2.75) is 33.6 Å². The SMILES string of the molecule is CC(C)CN(CCN)c1ccc(C(C)C)cc1. The van der Waals surface area contributed by atoms with Crippen LogP contribution in [0.5, 0.6) is 0 Å². The van der Waals surface area contributed by atoms with E-state index in [-0.39, 0.29) is 0 Å². The molecular weight excluding hydrogens is 208 g/mol. The van der Waals surface area contributed by atoms with Gasteiger partial charge in [-0.1, -0.05) is 39.8 Å². The van der Waals surface area contributed by atoms with Crippen molar-refractivity contribution in [3.63, 3.8) is 0 Å². The zero-order chi connectivity index (χ0) is 12.8. The molecule has 0 aromatic heterocycles. The fraction of sp³-hybridized carbons (Fsp3) is 0.600. The van der Waals surface area contributed by atoms with Gasteiger partial charge in [0.2, 0.25) is 0 Å². The molecule has 96 valence electrons. The first-order chi connectivity index (χ1) is 8.04. The van der Waals surface area contributed by atoms with Gasteiger partial charge in [-0.25, -0.2) is 0 Å². The normalized spacial score (nSPS) is 11.2. The number of hydrogen-bond acceptors (Lipinski definition) is 2. The second-order valence-electron chi connectivity index (χ2n) is 5.37. The number of anilines is 1. The van der Waals surface area contributed by atoms with E-state index in [0.29, 0.717) is 18.4 Å². The highest BCUT2D eigenvalue weighted by atomic mass is 15.1. The van der Waals surface area contributed by atoms with E-state index < -0.39 is 0 Å². The molecule has 0 atom stereocenters. The van der Waals surface area contributed by atoms with Gasteiger partial charge in [-0.2, -0.15) is 0 Å². The average molecular weight is 234 g/mol. The van der Waals surface area contributed by atoms with Crippen molar-refractivity contribution in [3.8, 4) is 0 Å². The number of rotatable bonds is 6. The highest BCUT2D eigenvalue weighted by Crippen LogP contribution is 2.20. The van der Waals surface area contributed by atoms with Crippen molar-refractivity contribution >= 4 is 5.69 Å². The monoisotopic (exact) mass is 234 g/mol. The molecule has 0 saturated carbocycles. The van der Waals surface area contributed by atoms with Crippen molar-refractivity contribution in [2.24, 2.45) is 11.7 Å². The summed E-state index contributed by atoms with van der Waals surface area (Å²) in [5.74, 6) is 1.25. The van der Waals surface area contributed by atoms with E-state index in [1.807, 2.05) is 0 Å². The van der Waals surface area contributed by atoms with Gasteiger partial charge in [-0.15, -0.1) is 0 Å². The highest BCUT2D eigenvalue weighted by molar-refractivity contribution is 5.48. The summed E-state index contributed by atoms with van der Waals surface area (Å²) in [6.07, 6.45) is 0. The van der Waals surface area contributed by atoms with Crippen molar-refractivity contribution < 1.29 is 0 Å². The molecule has 1 aromatic rings. The first-order valence-corrected chi connectivity index (χ1v) is 6.59. The molecule has 0 amide bonds. The van der Waals surface area contributed by atoms with Crippen LogP contribution in [0.1, 0.15) is 39.2 Å². The Bertz CT molecular complexity index is 314. The molecule has 0 bridgehead atoms. The third-order valence-electron chi connectivity index (χ3n) is 2.91. The van der Waals surface area contributed by atoms with Gasteiger partial charge in [-0.05, 0) is 29.5 Å². The predicted octanol–water partition coefficient (Wildman–Crippen LogP) is 3.23. The summed E-state index contributed by atoms with van der Waals surface area (Å²) >= 11 is 0. The maximum absolute atomic E-state index is 5.68. The van der Waals surface area contributed by atoms with Gasteiger partial charge in [0.15, 0.2) is 0 Å². The fourth-order valence-corrected chi connectivity index (χ4v) is 1.99. The minimum absolute atomic E-state index is 0.595. The van der Waals surface area contributed by atoms with Gasteiger partial charge in [0, 0.05) is 25.3 Å². The minimum atomic E-state index is 0.595. The average Bonchev–Trinajstić information content (AvgIpc) is 2.28. The molecule has 2 nitrogen and oxygen atoms in total. The van der Waals surface area contributed by atoms with E-state index in [9.17, 15) is 0 Å². The Morgan fingerprint density at radius 3 is 2.06 bits per heavy atom. The van der Waals surface area contributed by atoms with E-state index in [4.69, 9.17) is 5.73 Å². The molecule has 17 heavy (non-hydrogen) atoms. The van der Waals surface area contributed by atoms with Crippen LogP contribution in [-0.2, 0) is 0 Å². The van der Waals surface area contributed by atoms with Crippen LogP contribution in [0, 0.1) is 5.92 Å². The lowest BCUT2D eigenvalue weighted by atomic mass is 10.0. The lowest BCUT2D eigenvalue weighted by Crippen LogP contribution is -2.32. The van der Waals surface area contributed by atoms with Gasteiger partial charge < -0.3 is 10.6 Å². The van der Waals surface area contributed by atoms with Gasteiger partial charge in [0.25, 0.3) is 0 Å². The Morgan fingerprint density at radius 1 is 1.06 bits per heavy atom. The first kappa shape index (κ1) is 14.0. The maximum atomic E-state index is 5.68. The lowest BCUT2D eigenvalue weighted by Gasteiger charge is -2.26. The Labute approximate surface area is 106 Å². The molecule has 0 aliphatic heterocycles. The topological polar surface area (TPSA) is 29.3 Å². The second-order valence-corrected chi connectivity index (χ2v) is 5.37. The van der Waals surface area contributed by atoms with E-state index in [1.165, 1.54) is 11.3 Å². The zero-order valence-electron chi connectivity index (χ0n) is 11.6. The second kappa shape index (κ2) is 6.65. The van der Waals surface area contributed by atoms with Crippen LogP contribution in [-0.4, -0.2) is 19.6 Å². The molecule has 0 aliphatic carbocycles. The largest absolute Gasteiger partial charge is 0.370 e. The van der Waals surface area contributed by atoms with Gasteiger partial charge in [0.1, 0.15) is 0 Å². The van der Waals surface area contributed by atoms with Crippen molar-refractivity contribution in [3.05, 3.63) is 29.8 Å². The van der Waals surface area contributed by atoms with Crippen LogP contribution < -0.4 is 10.6 Å². The Hall–Kier alpha value is -1.02. The minimum Gasteiger partial charge on any atom is -0.370 e. The quantitative estimate of drug-likeness (QED) is 0.819. The standard InChI is InChI=1S/C15H26N2/c1-12(2)11-17(10-9-16)15-7-5-14(6-8-15)13(3)4/h5-8,12-13H,9-11,16H2,1-4H3. The third-order valence-corrected chi connectivity index (χ3v) is 2.91.